The zero-order valence-corrected chi connectivity index (χ0v) is 16.3. The summed E-state index contributed by atoms with van der Waals surface area (Å²) in [5, 5.41) is 1.53. The zero-order valence-electron chi connectivity index (χ0n) is 16.3. The van der Waals surface area contributed by atoms with Crippen molar-refractivity contribution in [3.8, 4) is 23.0 Å². The summed E-state index contributed by atoms with van der Waals surface area (Å²) in [5.41, 5.74) is 1.02. The largest absolute Gasteiger partial charge is 0.492 e. The van der Waals surface area contributed by atoms with E-state index in [1.165, 1.54) is 14.2 Å². The fraction of sp³-hybridized carbons (Fsp3) is 0.450. The first kappa shape index (κ1) is 19.7. The first-order chi connectivity index (χ1) is 12.5. The van der Waals surface area contributed by atoms with Crippen molar-refractivity contribution in [3.05, 3.63) is 18.2 Å². The summed E-state index contributed by atoms with van der Waals surface area (Å²) in [5.74, 6) is 1.33. The maximum absolute atomic E-state index is 12.1. The summed E-state index contributed by atoms with van der Waals surface area (Å²) in [6, 6.07) is 5.89. The van der Waals surface area contributed by atoms with Gasteiger partial charge in [-0.05, 0) is 31.5 Å². The minimum absolute atomic E-state index is 0.311. The molecule has 26 heavy (non-hydrogen) atoms. The average molecular weight is 361 g/mol. The lowest BCUT2D eigenvalue weighted by molar-refractivity contribution is -0.134. The number of nitrogens with zero attached hydrogens (tertiary/aromatic N) is 1. The van der Waals surface area contributed by atoms with Crippen LogP contribution in [-0.2, 0) is 4.79 Å². The van der Waals surface area contributed by atoms with Crippen LogP contribution in [0.1, 0.15) is 26.7 Å². The van der Waals surface area contributed by atoms with Gasteiger partial charge in [0.25, 0.3) is 0 Å². The van der Waals surface area contributed by atoms with Gasteiger partial charge in [0.2, 0.25) is 11.5 Å². The molecular formula is C20H27NO5. The first-order valence-corrected chi connectivity index (χ1v) is 8.69. The number of hydrogen-bond donors (Lipinski definition) is 0. The molecule has 142 valence electrons. The Morgan fingerprint density at radius 2 is 1.54 bits per heavy atom. The Morgan fingerprint density at radius 1 is 0.923 bits per heavy atom. The molecule has 0 aliphatic carbocycles. The molecule has 2 aromatic carbocycles. The third kappa shape index (κ3) is 3.64. The SMILES string of the molecule is CCCC(=O)Oc1c(OC)c(OC)c(OC)c2cc(N(C)CC)ccc12. The zero-order chi connectivity index (χ0) is 19.3. The number of rotatable bonds is 8. The normalized spacial score (nSPS) is 10.5. The van der Waals surface area contributed by atoms with Crippen LogP contribution >= 0.6 is 0 Å². The van der Waals surface area contributed by atoms with Gasteiger partial charge in [0, 0.05) is 36.5 Å². The minimum Gasteiger partial charge on any atom is -0.492 e. The molecule has 2 rings (SSSR count). The highest BCUT2D eigenvalue weighted by atomic mass is 16.6. The van der Waals surface area contributed by atoms with Crippen LogP contribution in [0.2, 0.25) is 0 Å². The van der Waals surface area contributed by atoms with E-state index in [-0.39, 0.29) is 5.97 Å². The van der Waals surface area contributed by atoms with E-state index in [1.807, 2.05) is 32.2 Å². The van der Waals surface area contributed by atoms with Gasteiger partial charge in [-0.3, -0.25) is 4.79 Å². The number of benzene rings is 2. The highest BCUT2D eigenvalue weighted by molar-refractivity contribution is 6.01. The van der Waals surface area contributed by atoms with E-state index in [9.17, 15) is 4.79 Å². The maximum Gasteiger partial charge on any atom is 0.311 e. The molecule has 0 N–H and O–H groups in total. The van der Waals surface area contributed by atoms with Gasteiger partial charge < -0.3 is 23.8 Å². The molecule has 0 aliphatic heterocycles. The fourth-order valence-corrected chi connectivity index (χ4v) is 2.83. The van der Waals surface area contributed by atoms with Crippen LogP contribution in [0, 0.1) is 0 Å². The number of carbonyl (C=O) groups excluding carboxylic acids is 1. The van der Waals surface area contributed by atoms with Crippen LogP contribution in [0.15, 0.2) is 18.2 Å². The van der Waals surface area contributed by atoms with E-state index in [1.54, 1.807) is 7.11 Å². The van der Waals surface area contributed by atoms with Crippen LogP contribution in [0.4, 0.5) is 5.69 Å². The summed E-state index contributed by atoms with van der Waals surface area (Å²) in [4.78, 5) is 14.3. The molecule has 0 spiro atoms. The topological polar surface area (TPSA) is 57.2 Å². The molecule has 0 aliphatic rings. The van der Waals surface area contributed by atoms with Gasteiger partial charge in [-0.25, -0.2) is 0 Å². The van der Waals surface area contributed by atoms with Crippen molar-refractivity contribution in [2.45, 2.75) is 26.7 Å². The second-order valence-corrected chi connectivity index (χ2v) is 5.90. The summed E-state index contributed by atoms with van der Waals surface area (Å²) < 4.78 is 22.3. The molecule has 0 bridgehead atoms. The van der Waals surface area contributed by atoms with Gasteiger partial charge >= 0.3 is 5.97 Å². The predicted molar refractivity (Wildman–Crippen MR) is 103 cm³/mol. The van der Waals surface area contributed by atoms with Crippen molar-refractivity contribution in [2.24, 2.45) is 0 Å². The van der Waals surface area contributed by atoms with Crippen LogP contribution in [-0.4, -0.2) is 40.9 Å². The van der Waals surface area contributed by atoms with Crippen LogP contribution < -0.4 is 23.8 Å². The number of fused-ring (bicyclic) bond motifs is 1. The standard InChI is InChI=1S/C20H27NO5/c1-7-9-16(22)26-18-14-11-10-13(21(3)8-2)12-15(14)17(23-4)19(24-5)20(18)25-6/h10-12H,7-9H2,1-6H3. The molecule has 0 aromatic heterocycles. The highest BCUT2D eigenvalue weighted by Gasteiger charge is 2.25. The van der Waals surface area contributed by atoms with E-state index in [0.29, 0.717) is 35.8 Å². The second-order valence-electron chi connectivity index (χ2n) is 5.90. The lowest BCUT2D eigenvalue weighted by Gasteiger charge is -2.21. The lowest BCUT2D eigenvalue weighted by Crippen LogP contribution is -2.15. The second kappa shape index (κ2) is 8.65. The lowest BCUT2D eigenvalue weighted by atomic mass is 10.0. The van der Waals surface area contributed by atoms with Gasteiger partial charge in [0.1, 0.15) is 0 Å². The summed E-state index contributed by atoms with van der Waals surface area (Å²) in [7, 11) is 6.64. The third-order valence-electron chi connectivity index (χ3n) is 4.31. The Morgan fingerprint density at radius 3 is 2.08 bits per heavy atom. The summed E-state index contributed by atoms with van der Waals surface area (Å²) in [6.07, 6.45) is 1.04. The average Bonchev–Trinajstić information content (AvgIpc) is 2.66. The highest BCUT2D eigenvalue weighted by Crippen LogP contribution is 2.51. The quantitative estimate of drug-likeness (QED) is 0.523. The molecule has 0 unspecified atom stereocenters. The Hall–Kier alpha value is -2.63. The maximum atomic E-state index is 12.1. The van der Waals surface area contributed by atoms with Gasteiger partial charge in [0.15, 0.2) is 11.5 Å². The van der Waals surface area contributed by atoms with E-state index in [0.717, 1.165) is 23.0 Å². The number of esters is 1. The van der Waals surface area contributed by atoms with Crippen molar-refractivity contribution in [1.82, 2.24) is 0 Å². The fourth-order valence-electron chi connectivity index (χ4n) is 2.83. The minimum atomic E-state index is -0.311. The van der Waals surface area contributed by atoms with Crippen LogP contribution in [0.3, 0.4) is 0 Å². The molecule has 0 heterocycles. The molecule has 0 fully saturated rings. The number of hydrogen-bond acceptors (Lipinski definition) is 6. The summed E-state index contributed by atoms with van der Waals surface area (Å²) in [6.45, 7) is 4.87. The molecule has 0 atom stereocenters. The van der Waals surface area contributed by atoms with E-state index in [2.05, 4.69) is 11.8 Å². The van der Waals surface area contributed by atoms with Crippen LogP contribution in [0.25, 0.3) is 10.8 Å². The van der Waals surface area contributed by atoms with Gasteiger partial charge in [-0.1, -0.05) is 6.92 Å². The smallest absolute Gasteiger partial charge is 0.311 e. The van der Waals surface area contributed by atoms with Gasteiger partial charge in [-0.2, -0.15) is 0 Å². The number of anilines is 1. The Bertz CT molecular complexity index is 788. The molecule has 0 radical (unpaired) electrons. The number of ether oxygens (including phenoxy) is 4. The third-order valence-corrected chi connectivity index (χ3v) is 4.31. The Kier molecular flexibility index (Phi) is 6.55. The Labute approximate surface area is 154 Å². The first-order valence-electron chi connectivity index (χ1n) is 8.69. The molecule has 0 saturated heterocycles. The van der Waals surface area contributed by atoms with Gasteiger partial charge in [0.05, 0.1) is 21.3 Å². The van der Waals surface area contributed by atoms with Crippen LogP contribution in [0.5, 0.6) is 23.0 Å². The monoisotopic (exact) mass is 361 g/mol. The molecule has 6 heteroatoms. The Balaban J connectivity index is 2.80. The van der Waals surface area contributed by atoms with E-state index in [4.69, 9.17) is 18.9 Å². The molecular weight excluding hydrogens is 334 g/mol. The van der Waals surface area contributed by atoms with Crippen molar-refractivity contribution in [1.29, 1.82) is 0 Å². The van der Waals surface area contributed by atoms with Crippen molar-refractivity contribution < 1.29 is 23.7 Å². The van der Waals surface area contributed by atoms with Crippen molar-refractivity contribution >= 4 is 22.4 Å². The number of carbonyl (C=O) groups is 1. The predicted octanol–water partition coefficient (Wildman–Crippen LogP) is 4.03. The van der Waals surface area contributed by atoms with E-state index >= 15 is 0 Å². The van der Waals surface area contributed by atoms with Gasteiger partial charge in [-0.15, -0.1) is 0 Å². The van der Waals surface area contributed by atoms with Crippen molar-refractivity contribution in [2.75, 3.05) is 39.8 Å². The molecule has 2 aromatic rings. The molecule has 0 saturated carbocycles. The molecule has 0 amide bonds. The van der Waals surface area contributed by atoms with Crippen molar-refractivity contribution in [3.63, 3.8) is 0 Å². The van der Waals surface area contributed by atoms with E-state index < -0.39 is 0 Å². The summed E-state index contributed by atoms with van der Waals surface area (Å²) >= 11 is 0. The number of methoxy groups -OCH3 is 3. The molecule has 6 nitrogen and oxygen atoms in total.